The second-order valence-electron chi connectivity index (χ2n) is 11.8. The number of esters is 2. The topological polar surface area (TPSA) is 89.8 Å². The largest absolute Gasteiger partial charge is 0.456 e. The number of piperidine rings is 2. The fourth-order valence-electron chi connectivity index (χ4n) is 5.60. The van der Waals surface area contributed by atoms with Crippen LogP contribution in [-0.4, -0.2) is 46.3 Å². The van der Waals surface area contributed by atoms with Gasteiger partial charge in [-0.25, -0.2) is 9.59 Å². The van der Waals surface area contributed by atoms with E-state index in [-0.39, 0.29) is 45.9 Å². The second kappa shape index (κ2) is 7.93. The molecule has 2 saturated heterocycles. The molecular formula is C24H38N2O5. The van der Waals surface area contributed by atoms with E-state index in [0.29, 0.717) is 25.7 Å². The number of carbonyl (C=O) groups excluding carboxylic acids is 2. The zero-order valence-electron chi connectivity index (χ0n) is 20.2. The van der Waals surface area contributed by atoms with Crippen molar-refractivity contribution in [2.45, 2.75) is 115 Å². The molecule has 0 aromatic carbocycles. The molecule has 3 rings (SSSR count). The molecule has 174 valence electrons. The Bertz CT molecular complexity index is 738. The van der Waals surface area contributed by atoms with Crippen LogP contribution in [0, 0.1) is 0 Å². The van der Waals surface area contributed by atoms with Gasteiger partial charge in [-0.15, -0.1) is 0 Å². The minimum Gasteiger partial charge on any atom is -0.456 e. The van der Waals surface area contributed by atoms with E-state index in [1.54, 1.807) is 0 Å². The molecule has 0 aliphatic carbocycles. The van der Waals surface area contributed by atoms with Crippen LogP contribution < -0.4 is 10.6 Å². The molecule has 1 aromatic heterocycles. The molecule has 0 unspecified atom stereocenters. The molecule has 0 radical (unpaired) electrons. The molecule has 0 atom stereocenters. The minimum absolute atomic E-state index is 0.0204. The highest BCUT2D eigenvalue weighted by molar-refractivity contribution is 5.91. The van der Waals surface area contributed by atoms with Crippen molar-refractivity contribution in [3.63, 3.8) is 0 Å². The predicted octanol–water partition coefficient (Wildman–Crippen LogP) is 4.21. The average molecular weight is 435 g/mol. The lowest BCUT2D eigenvalue weighted by molar-refractivity contribution is -0.0109. The van der Waals surface area contributed by atoms with Gasteiger partial charge >= 0.3 is 11.9 Å². The van der Waals surface area contributed by atoms with Crippen LogP contribution in [0.5, 0.6) is 0 Å². The van der Waals surface area contributed by atoms with Gasteiger partial charge in [0.15, 0.2) is 0 Å². The summed E-state index contributed by atoms with van der Waals surface area (Å²) < 4.78 is 16.9. The summed E-state index contributed by atoms with van der Waals surface area (Å²) in [6.07, 6.45) is 2.38. The molecule has 3 heterocycles. The lowest BCUT2D eigenvalue weighted by Crippen LogP contribution is -2.59. The molecule has 0 bridgehead atoms. The van der Waals surface area contributed by atoms with E-state index in [2.05, 4.69) is 66.0 Å². The first-order valence-corrected chi connectivity index (χ1v) is 11.2. The Balaban J connectivity index is 1.62. The first kappa shape index (κ1) is 23.8. The van der Waals surface area contributed by atoms with Crippen LogP contribution >= 0.6 is 0 Å². The molecule has 2 aliphatic heterocycles. The summed E-state index contributed by atoms with van der Waals surface area (Å²) in [6, 6.07) is 2.96. The highest BCUT2D eigenvalue weighted by Gasteiger charge is 2.41. The maximum absolute atomic E-state index is 12.6. The summed E-state index contributed by atoms with van der Waals surface area (Å²) in [5.41, 5.74) is -0.551. The monoisotopic (exact) mass is 434 g/mol. The zero-order chi connectivity index (χ0) is 23.2. The van der Waals surface area contributed by atoms with Crippen molar-refractivity contribution >= 4 is 11.9 Å². The van der Waals surface area contributed by atoms with Crippen LogP contribution in [0.3, 0.4) is 0 Å². The molecule has 2 N–H and O–H groups in total. The van der Waals surface area contributed by atoms with Crippen LogP contribution in [0.4, 0.5) is 0 Å². The van der Waals surface area contributed by atoms with E-state index in [0.717, 1.165) is 0 Å². The Labute approximate surface area is 185 Å². The number of carbonyl (C=O) groups is 2. The molecule has 0 saturated carbocycles. The maximum atomic E-state index is 12.6. The second-order valence-corrected chi connectivity index (χ2v) is 11.8. The fraction of sp³-hybridized carbons (Fsp3) is 0.750. The van der Waals surface area contributed by atoms with Crippen molar-refractivity contribution in [2.24, 2.45) is 0 Å². The lowest BCUT2D eigenvalue weighted by atomic mass is 9.81. The summed E-state index contributed by atoms with van der Waals surface area (Å²) in [6.45, 7) is 16.8. The molecule has 2 fully saturated rings. The van der Waals surface area contributed by atoms with Crippen LogP contribution in [-0.2, 0) is 9.47 Å². The zero-order valence-corrected chi connectivity index (χ0v) is 20.2. The molecular weight excluding hydrogens is 396 g/mol. The van der Waals surface area contributed by atoms with Crippen molar-refractivity contribution in [1.82, 2.24) is 10.6 Å². The van der Waals surface area contributed by atoms with Crippen molar-refractivity contribution in [3.8, 4) is 0 Å². The van der Waals surface area contributed by atoms with Gasteiger partial charge in [0.05, 0.1) is 0 Å². The fourth-order valence-corrected chi connectivity index (χ4v) is 5.60. The number of hydrogen-bond acceptors (Lipinski definition) is 7. The first-order chi connectivity index (χ1) is 14.0. The van der Waals surface area contributed by atoms with Gasteiger partial charge in [-0.3, -0.25) is 0 Å². The Morgan fingerprint density at radius 3 is 1.29 bits per heavy atom. The Morgan fingerprint density at radius 2 is 1.00 bits per heavy atom. The van der Waals surface area contributed by atoms with Gasteiger partial charge in [-0.1, -0.05) is 0 Å². The maximum Gasteiger partial charge on any atom is 0.374 e. The Morgan fingerprint density at radius 1 is 0.710 bits per heavy atom. The molecule has 2 aliphatic rings. The molecule has 0 spiro atoms. The average Bonchev–Trinajstić information content (AvgIpc) is 2.98. The van der Waals surface area contributed by atoms with Crippen molar-refractivity contribution < 1.29 is 23.5 Å². The van der Waals surface area contributed by atoms with Gasteiger partial charge in [-0.2, -0.15) is 0 Å². The van der Waals surface area contributed by atoms with Crippen LogP contribution in [0.15, 0.2) is 16.5 Å². The number of ether oxygens (including phenoxy) is 2. The third kappa shape index (κ3) is 6.32. The number of rotatable bonds is 4. The standard InChI is InChI=1S/C24H38N2O5/c1-21(2)11-15(12-22(3,4)25-21)29-19(27)17-9-10-18(31-17)20(28)30-16-13-23(5,6)26-24(7,8)14-16/h9-10,15-16,25-26H,11-14H2,1-8H3. The summed E-state index contributed by atoms with van der Waals surface area (Å²) in [5.74, 6) is -1.07. The third-order valence-corrected chi connectivity index (χ3v) is 5.86. The minimum atomic E-state index is -0.554. The number of hydrogen-bond donors (Lipinski definition) is 2. The van der Waals surface area contributed by atoms with E-state index >= 15 is 0 Å². The number of furan rings is 1. The summed E-state index contributed by atoms with van der Waals surface area (Å²) >= 11 is 0. The normalized spacial score (nSPS) is 25.0. The van der Waals surface area contributed by atoms with Gasteiger partial charge in [0, 0.05) is 47.8 Å². The van der Waals surface area contributed by atoms with Gasteiger partial charge in [-0.05, 0) is 67.5 Å². The van der Waals surface area contributed by atoms with Crippen molar-refractivity contribution in [2.75, 3.05) is 0 Å². The van der Waals surface area contributed by atoms with E-state index in [4.69, 9.17) is 13.9 Å². The van der Waals surface area contributed by atoms with Crippen LogP contribution in [0.2, 0.25) is 0 Å². The Kier molecular flexibility index (Phi) is 6.08. The molecule has 7 heteroatoms. The summed E-state index contributed by atoms with van der Waals surface area (Å²) in [5, 5.41) is 7.13. The van der Waals surface area contributed by atoms with E-state index < -0.39 is 11.9 Å². The van der Waals surface area contributed by atoms with Gasteiger partial charge in [0.2, 0.25) is 11.5 Å². The van der Waals surface area contributed by atoms with Crippen molar-refractivity contribution in [1.29, 1.82) is 0 Å². The quantitative estimate of drug-likeness (QED) is 0.686. The van der Waals surface area contributed by atoms with Crippen LogP contribution in [0.1, 0.15) is 102 Å². The van der Waals surface area contributed by atoms with E-state index in [9.17, 15) is 9.59 Å². The van der Waals surface area contributed by atoms with Gasteiger partial charge in [0.1, 0.15) is 12.2 Å². The molecule has 0 amide bonds. The highest BCUT2D eigenvalue weighted by atomic mass is 16.6. The highest BCUT2D eigenvalue weighted by Crippen LogP contribution is 2.32. The Hall–Kier alpha value is -1.86. The number of nitrogens with one attached hydrogen (secondary N) is 2. The van der Waals surface area contributed by atoms with Crippen molar-refractivity contribution in [3.05, 3.63) is 23.7 Å². The predicted molar refractivity (Wildman–Crippen MR) is 118 cm³/mol. The van der Waals surface area contributed by atoms with Gasteiger partial charge < -0.3 is 24.5 Å². The van der Waals surface area contributed by atoms with E-state index in [1.807, 2.05) is 0 Å². The van der Waals surface area contributed by atoms with E-state index in [1.165, 1.54) is 12.1 Å². The summed E-state index contributed by atoms with van der Waals surface area (Å²) in [7, 11) is 0. The summed E-state index contributed by atoms with van der Waals surface area (Å²) in [4.78, 5) is 25.3. The molecule has 7 nitrogen and oxygen atoms in total. The lowest BCUT2D eigenvalue weighted by Gasteiger charge is -2.45. The van der Waals surface area contributed by atoms with Gasteiger partial charge in [0.25, 0.3) is 0 Å². The molecule has 31 heavy (non-hydrogen) atoms. The molecule has 1 aromatic rings. The van der Waals surface area contributed by atoms with Crippen LogP contribution in [0.25, 0.3) is 0 Å². The SMILES string of the molecule is CC1(C)CC(OC(=O)c2ccc(C(=O)OC3CC(C)(C)NC(C)(C)C3)o2)CC(C)(C)N1. The first-order valence-electron chi connectivity index (χ1n) is 11.2. The smallest absolute Gasteiger partial charge is 0.374 e. The third-order valence-electron chi connectivity index (χ3n) is 5.86.